The van der Waals surface area contributed by atoms with Crippen LogP contribution in [0.3, 0.4) is 0 Å². The molecule has 31 heavy (non-hydrogen) atoms. The minimum atomic E-state index is -4.65. The molecule has 11 heteroatoms. The van der Waals surface area contributed by atoms with Gasteiger partial charge in [0.15, 0.2) is 5.82 Å². The molecule has 5 N–H and O–H groups in total. The van der Waals surface area contributed by atoms with Gasteiger partial charge in [-0.05, 0) is 51.3 Å². The third kappa shape index (κ3) is 4.78. The van der Waals surface area contributed by atoms with Gasteiger partial charge in [-0.15, -0.1) is 24.8 Å². The number of hydrogen-bond donors (Lipinski definition) is 3. The van der Waals surface area contributed by atoms with Crippen molar-refractivity contribution >= 4 is 42.0 Å². The van der Waals surface area contributed by atoms with E-state index >= 15 is 0 Å². The Kier molecular flexibility index (Phi) is 7.89. The summed E-state index contributed by atoms with van der Waals surface area (Å²) in [5.41, 5.74) is 12.0. The molecule has 0 saturated carbocycles. The number of nitrogens with two attached hydrogens (primary N) is 2. The van der Waals surface area contributed by atoms with Crippen LogP contribution in [0.5, 0.6) is 0 Å². The third-order valence-electron chi connectivity index (χ3n) is 5.83. The van der Waals surface area contributed by atoms with E-state index in [0.717, 1.165) is 62.3 Å². The van der Waals surface area contributed by atoms with Gasteiger partial charge in [0, 0.05) is 41.8 Å². The van der Waals surface area contributed by atoms with Crippen molar-refractivity contribution in [3.8, 4) is 11.4 Å². The van der Waals surface area contributed by atoms with Gasteiger partial charge < -0.3 is 21.7 Å². The maximum absolute atomic E-state index is 13.8. The highest BCUT2D eigenvalue weighted by molar-refractivity contribution is 5.85. The molecule has 1 saturated heterocycles. The van der Waals surface area contributed by atoms with Crippen LogP contribution in [0.2, 0.25) is 0 Å². The maximum Gasteiger partial charge on any atom is 0.419 e. The first-order chi connectivity index (χ1) is 13.8. The maximum atomic E-state index is 13.8. The fraction of sp³-hybridized carbons (Fsp3) is 0.500. The molecule has 2 aliphatic rings. The monoisotopic (exact) mass is 478 g/mol. The smallest absolute Gasteiger partial charge is 0.398 e. The predicted molar refractivity (Wildman–Crippen MR) is 122 cm³/mol. The standard InChI is InChI=1S/C20H25F3N6.2ClH/c1-26-11-8-9-29(10-11)19-12-4-2-3-5-15(12)27-18(28-19)16-13(24)6-7-14(25)17(16)20(21,22)23;;/h6-7,11,26H,2-5,8-10,24-25H2,1H3;2*1H. The first-order valence-corrected chi connectivity index (χ1v) is 9.87. The molecule has 1 aliphatic heterocycles. The van der Waals surface area contributed by atoms with Crippen molar-refractivity contribution in [3.05, 3.63) is 29.0 Å². The van der Waals surface area contributed by atoms with Crippen molar-refractivity contribution in [2.45, 2.75) is 44.3 Å². The van der Waals surface area contributed by atoms with Crippen LogP contribution in [0.1, 0.15) is 36.1 Å². The second kappa shape index (κ2) is 9.67. The van der Waals surface area contributed by atoms with Gasteiger partial charge in [0.25, 0.3) is 0 Å². The minimum absolute atomic E-state index is 0. The Hall–Kier alpha value is -1.97. The highest BCUT2D eigenvalue weighted by atomic mass is 35.5. The average Bonchev–Trinajstić information content (AvgIpc) is 3.17. The zero-order valence-electron chi connectivity index (χ0n) is 17.1. The summed E-state index contributed by atoms with van der Waals surface area (Å²) in [6, 6.07) is 2.89. The number of rotatable bonds is 3. The summed E-state index contributed by atoms with van der Waals surface area (Å²) in [4.78, 5) is 11.3. The summed E-state index contributed by atoms with van der Waals surface area (Å²) in [5, 5.41) is 3.27. The normalized spacial score (nSPS) is 18.2. The number of halogens is 5. The number of aryl methyl sites for hydroxylation is 1. The molecule has 0 radical (unpaired) electrons. The van der Waals surface area contributed by atoms with E-state index in [1.165, 1.54) is 12.1 Å². The van der Waals surface area contributed by atoms with E-state index in [9.17, 15) is 13.2 Å². The molecule has 1 aliphatic carbocycles. The lowest BCUT2D eigenvalue weighted by molar-refractivity contribution is -0.136. The highest BCUT2D eigenvalue weighted by Gasteiger charge is 2.38. The van der Waals surface area contributed by atoms with Crippen molar-refractivity contribution in [2.24, 2.45) is 0 Å². The second-order valence-electron chi connectivity index (χ2n) is 7.72. The van der Waals surface area contributed by atoms with Crippen LogP contribution in [-0.2, 0) is 19.0 Å². The van der Waals surface area contributed by atoms with Gasteiger partial charge in [-0.2, -0.15) is 13.2 Å². The molecular formula is C20H27Cl2F3N6. The Labute approximate surface area is 191 Å². The van der Waals surface area contributed by atoms with Gasteiger partial charge in [-0.25, -0.2) is 9.97 Å². The zero-order chi connectivity index (χ0) is 20.8. The first kappa shape index (κ1) is 25.3. The number of nitrogen functional groups attached to an aromatic ring is 2. The van der Waals surface area contributed by atoms with E-state index in [1.807, 2.05) is 7.05 Å². The van der Waals surface area contributed by atoms with Gasteiger partial charge in [0.2, 0.25) is 0 Å². The molecule has 172 valence electrons. The Balaban J connectivity index is 0.00000171. The van der Waals surface area contributed by atoms with Crippen molar-refractivity contribution in [1.82, 2.24) is 15.3 Å². The van der Waals surface area contributed by atoms with Crippen LogP contribution in [0.15, 0.2) is 12.1 Å². The van der Waals surface area contributed by atoms with E-state index in [-0.39, 0.29) is 47.6 Å². The van der Waals surface area contributed by atoms with Crippen LogP contribution in [0.25, 0.3) is 11.4 Å². The number of hydrogen-bond acceptors (Lipinski definition) is 6. The summed E-state index contributed by atoms with van der Waals surface area (Å²) < 4.78 is 41.4. The second-order valence-corrected chi connectivity index (χ2v) is 7.72. The highest BCUT2D eigenvalue weighted by Crippen LogP contribution is 2.43. The zero-order valence-corrected chi connectivity index (χ0v) is 18.8. The lowest BCUT2D eigenvalue weighted by Gasteiger charge is -2.26. The van der Waals surface area contributed by atoms with Gasteiger partial charge in [-0.1, -0.05) is 0 Å². The van der Waals surface area contributed by atoms with Crippen LogP contribution < -0.4 is 21.7 Å². The molecule has 4 rings (SSSR count). The van der Waals surface area contributed by atoms with Crippen LogP contribution in [0, 0.1) is 0 Å². The lowest BCUT2D eigenvalue weighted by Crippen LogP contribution is -2.31. The van der Waals surface area contributed by atoms with Crippen molar-refractivity contribution in [3.63, 3.8) is 0 Å². The lowest BCUT2D eigenvalue weighted by atomic mass is 9.95. The van der Waals surface area contributed by atoms with Gasteiger partial charge in [0.1, 0.15) is 5.82 Å². The SMILES string of the molecule is CNC1CCN(c2nc(-c3c(N)ccc(N)c3C(F)(F)F)nc3c2CCCC3)C1.Cl.Cl. The summed E-state index contributed by atoms with van der Waals surface area (Å²) in [6.07, 6.45) is -0.145. The van der Waals surface area contributed by atoms with Crippen molar-refractivity contribution in [2.75, 3.05) is 36.5 Å². The molecule has 0 spiro atoms. The quantitative estimate of drug-likeness (QED) is 0.580. The van der Waals surface area contributed by atoms with Gasteiger partial charge in [0.05, 0.1) is 11.1 Å². The number of likely N-dealkylation sites (N-methyl/N-ethyl adjacent to an activating group) is 1. The van der Waals surface area contributed by atoms with E-state index < -0.39 is 11.7 Å². The van der Waals surface area contributed by atoms with Crippen LogP contribution >= 0.6 is 24.8 Å². The summed E-state index contributed by atoms with van der Waals surface area (Å²) >= 11 is 0. The number of anilines is 3. The molecule has 1 fully saturated rings. The Morgan fingerprint density at radius 1 is 1.06 bits per heavy atom. The predicted octanol–water partition coefficient (Wildman–Crippen LogP) is 3.85. The average molecular weight is 479 g/mol. The molecule has 1 aromatic heterocycles. The summed E-state index contributed by atoms with van der Waals surface area (Å²) in [7, 11) is 1.91. The molecule has 1 unspecified atom stereocenters. The molecule has 2 heterocycles. The fourth-order valence-electron chi connectivity index (χ4n) is 4.32. The van der Waals surface area contributed by atoms with Crippen LogP contribution in [-0.4, -0.2) is 36.1 Å². The molecular weight excluding hydrogens is 452 g/mol. The van der Waals surface area contributed by atoms with E-state index in [0.29, 0.717) is 6.04 Å². The number of nitrogens with one attached hydrogen (secondary N) is 1. The molecule has 2 aromatic rings. The van der Waals surface area contributed by atoms with E-state index in [1.54, 1.807) is 0 Å². The van der Waals surface area contributed by atoms with E-state index in [2.05, 4.69) is 20.2 Å². The van der Waals surface area contributed by atoms with Gasteiger partial charge >= 0.3 is 6.18 Å². The Morgan fingerprint density at radius 3 is 2.39 bits per heavy atom. The number of nitrogens with zero attached hydrogens (tertiary/aromatic N) is 3. The van der Waals surface area contributed by atoms with Crippen LogP contribution in [0.4, 0.5) is 30.4 Å². The Bertz CT molecular complexity index is 938. The topological polar surface area (TPSA) is 93.1 Å². The molecule has 6 nitrogen and oxygen atoms in total. The number of aromatic nitrogens is 2. The van der Waals surface area contributed by atoms with Gasteiger partial charge in [-0.3, -0.25) is 0 Å². The molecule has 1 atom stereocenters. The largest absolute Gasteiger partial charge is 0.419 e. The number of fused-ring (bicyclic) bond motifs is 1. The summed E-state index contributed by atoms with van der Waals surface area (Å²) in [6.45, 7) is 1.56. The number of benzene rings is 1. The molecule has 0 bridgehead atoms. The third-order valence-corrected chi connectivity index (χ3v) is 5.83. The fourth-order valence-corrected chi connectivity index (χ4v) is 4.32. The number of alkyl halides is 3. The Morgan fingerprint density at radius 2 is 1.74 bits per heavy atom. The first-order valence-electron chi connectivity index (χ1n) is 9.87. The minimum Gasteiger partial charge on any atom is -0.398 e. The van der Waals surface area contributed by atoms with E-state index in [4.69, 9.17) is 11.5 Å². The van der Waals surface area contributed by atoms with Crippen molar-refractivity contribution < 1.29 is 13.2 Å². The molecule has 0 amide bonds. The van der Waals surface area contributed by atoms with Crippen molar-refractivity contribution in [1.29, 1.82) is 0 Å². The molecule has 1 aromatic carbocycles. The summed E-state index contributed by atoms with van der Waals surface area (Å²) in [5.74, 6) is 0.739.